The number of aromatic nitrogens is 1. The molecule has 1 amide bonds. The first-order valence-electron chi connectivity index (χ1n) is 8.77. The largest absolute Gasteiger partial charge is 0.354 e. The Kier molecular flexibility index (Phi) is 5.07. The highest BCUT2D eigenvalue weighted by molar-refractivity contribution is 7.99. The van der Waals surface area contributed by atoms with Crippen LogP contribution in [0.5, 0.6) is 0 Å². The van der Waals surface area contributed by atoms with Crippen LogP contribution in [0.25, 0.3) is 0 Å². The molecule has 142 valence electrons. The minimum absolute atomic E-state index is 0.0835. The van der Waals surface area contributed by atoms with Crippen LogP contribution in [-0.4, -0.2) is 55.5 Å². The average Bonchev–Trinajstić information content (AvgIpc) is 2.88. The summed E-state index contributed by atoms with van der Waals surface area (Å²) in [6.45, 7) is 1.98. The van der Waals surface area contributed by atoms with E-state index in [9.17, 15) is 13.2 Å². The van der Waals surface area contributed by atoms with Crippen molar-refractivity contribution in [2.45, 2.75) is 16.2 Å². The molecular weight excluding hydrogens is 384 g/mol. The first-order valence-corrected chi connectivity index (χ1v) is 11.2. The topological polar surface area (TPSA) is 82.6 Å². The van der Waals surface area contributed by atoms with Gasteiger partial charge in [-0.25, -0.2) is 13.4 Å². The number of hydrogen-bond donors (Lipinski definition) is 1. The fourth-order valence-corrected chi connectivity index (χ4v) is 5.59. The van der Waals surface area contributed by atoms with Crippen molar-refractivity contribution in [3.8, 4) is 0 Å². The molecule has 3 heterocycles. The van der Waals surface area contributed by atoms with Gasteiger partial charge in [-0.2, -0.15) is 4.31 Å². The molecular formula is C18H20N4O3S2. The zero-order valence-electron chi connectivity index (χ0n) is 14.7. The van der Waals surface area contributed by atoms with E-state index in [1.54, 1.807) is 36.2 Å². The van der Waals surface area contributed by atoms with Gasteiger partial charge in [0.15, 0.2) is 0 Å². The van der Waals surface area contributed by atoms with Crippen LogP contribution in [0.15, 0.2) is 52.4 Å². The molecule has 0 spiro atoms. The maximum Gasteiger partial charge on any atom is 0.243 e. The standard InChI is InChI=1S/C18H20N4O3S2/c23-18-6-12-26-16-5-4-14(13-15(16)20-18)27(24,25)22-10-8-21(9-11-22)17-3-1-2-7-19-17/h1-5,7,13H,6,8-12H2,(H,20,23). The molecule has 0 saturated carbocycles. The number of benzene rings is 1. The number of carbonyl (C=O) groups is 1. The summed E-state index contributed by atoms with van der Waals surface area (Å²) < 4.78 is 27.6. The van der Waals surface area contributed by atoms with E-state index >= 15 is 0 Å². The van der Waals surface area contributed by atoms with Gasteiger partial charge in [0.25, 0.3) is 0 Å². The molecule has 9 heteroatoms. The summed E-state index contributed by atoms with van der Waals surface area (Å²) in [6.07, 6.45) is 2.16. The second-order valence-electron chi connectivity index (χ2n) is 6.38. The number of amides is 1. The molecule has 0 aliphatic carbocycles. The smallest absolute Gasteiger partial charge is 0.243 e. The summed E-state index contributed by atoms with van der Waals surface area (Å²) in [5, 5.41) is 2.81. The summed E-state index contributed by atoms with van der Waals surface area (Å²) in [5.74, 6) is 1.47. The van der Waals surface area contributed by atoms with Crippen LogP contribution in [0.3, 0.4) is 0 Å². The highest BCUT2D eigenvalue weighted by Gasteiger charge is 2.29. The van der Waals surface area contributed by atoms with E-state index in [2.05, 4.69) is 15.2 Å². The first-order chi connectivity index (χ1) is 13.0. The maximum absolute atomic E-state index is 13.1. The predicted octanol–water partition coefficient (Wildman–Crippen LogP) is 2.03. The van der Waals surface area contributed by atoms with Crippen molar-refractivity contribution in [1.82, 2.24) is 9.29 Å². The van der Waals surface area contributed by atoms with Crippen LogP contribution in [0.2, 0.25) is 0 Å². The van der Waals surface area contributed by atoms with Crippen LogP contribution >= 0.6 is 11.8 Å². The number of pyridine rings is 1. The van der Waals surface area contributed by atoms with Crippen molar-refractivity contribution in [3.05, 3.63) is 42.6 Å². The van der Waals surface area contributed by atoms with E-state index in [4.69, 9.17) is 0 Å². The van der Waals surface area contributed by atoms with Crippen molar-refractivity contribution in [1.29, 1.82) is 0 Å². The van der Waals surface area contributed by atoms with E-state index < -0.39 is 10.0 Å². The third-order valence-electron chi connectivity index (χ3n) is 4.66. The Bertz CT molecular complexity index is 942. The number of nitrogens with zero attached hydrogens (tertiary/aromatic N) is 3. The Morgan fingerprint density at radius 2 is 1.89 bits per heavy atom. The maximum atomic E-state index is 13.1. The van der Waals surface area contributed by atoms with E-state index in [1.807, 2.05) is 18.2 Å². The molecule has 2 aliphatic rings. The molecule has 2 aliphatic heterocycles. The van der Waals surface area contributed by atoms with Gasteiger partial charge in [-0.1, -0.05) is 6.07 Å². The summed E-state index contributed by atoms with van der Waals surface area (Å²) in [7, 11) is -3.60. The van der Waals surface area contributed by atoms with Crippen molar-refractivity contribution < 1.29 is 13.2 Å². The van der Waals surface area contributed by atoms with E-state index in [-0.39, 0.29) is 10.8 Å². The number of anilines is 2. The van der Waals surface area contributed by atoms with Gasteiger partial charge < -0.3 is 10.2 Å². The number of rotatable bonds is 3. The minimum atomic E-state index is -3.60. The predicted molar refractivity (Wildman–Crippen MR) is 106 cm³/mol. The third kappa shape index (κ3) is 3.80. The van der Waals surface area contributed by atoms with Gasteiger partial charge in [0.05, 0.1) is 10.6 Å². The summed E-state index contributed by atoms with van der Waals surface area (Å²) in [6, 6.07) is 10.7. The highest BCUT2D eigenvalue weighted by atomic mass is 32.2. The number of sulfonamides is 1. The lowest BCUT2D eigenvalue weighted by Gasteiger charge is -2.34. The van der Waals surface area contributed by atoms with Crippen molar-refractivity contribution in [2.75, 3.05) is 42.1 Å². The number of hydrogen-bond acceptors (Lipinski definition) is 6. The number of thioether (sulfide) groups is 1. The minimum Gasteiger partial charge on any atom is -0.354 e. The second kappa shape index (κ2) is 7.49. The SMILES string of the molecule is O=C1CCSc2ccc(S(=O)(=O)N3CCN(c4ccccn4)CC3)cc2N1. The molecule has 7 nitrogen and oxygen atoms in total. The van der Waals surface area contributed by atoms with Gasteiger partial charge in [-0.05, 0) is 30.3 Å². The quantitative estimate of drug-likeness (QED) is 0.843. The molecule has 0 unspecified atom stereocenters. The molecule has 1 aromatic carbocycles. The summed E-state index contributed by atoms with van der Waals surface area (Å²) >= 11 is 1.56. The molecule has 1 fully saturated rings. The Hall–Kier alpha value is -2.10. The lowest BCUT2D eigenvalue weighted by atomic mass is 10.3. The molecule has 1 aromatic heterocycles. The van der Waals surface area contributed by atoms with Crippen molar-refractivity contribution >= 4 is 39.2 Å². The Labute approximate surface area is 162 Å². The summed E-state index contributed by atoms with van der Waals surface area (Å²) in [5.41, 5.74) is 0.579. The number of piperazine rings is 1. The molecule has 27 heavy (non-hydrogen) atoms. The van der Waals surface area contributed by atoms with E-state index in [0.717, 1.165) is 10.7 Å². The Morgan fingerprint density at radius 1 is 1.07 bits per heavy atom. The fourth-order valence-electron chi connectivity index (χ4n) is 3.21. The lowest BCUT2D eigenvalue weighted by Crippen LogP contribution is -2.48. The molecule has 4 rings (SSSR count). The normalized spacial score (nSPS) is 18.5. The van der Waals surface area contributed by atoms with Gasteiger partial charge in [-0.3, -0.25) is 4.79 Å². The van der Waals surface area contributed by atoms with Crippen molar-refractivity contribution in [2.24, 2.45) is 0 Å². The van der Waals surface area contributed by atoms with Gasteiger partial charge >= 0.3 is 0 Å². The lowest BCUT2D eigenvalue weighted by molar-refractivity contribution is -0.115. The average molecular weight is 405 g/mol. The van der Waals surface area contributed by atoms with Crippen LogP contribution in [0.1, 0.15) is 6.42 Å². The van der Waals surface area contributed by atoms with Crippen LogP contribution < -0.4 is 10.2 Å². The van der Waals surface area contributed by atoms with E-state index in [0.29, 0.717) is 44.0 Å². The summed E-state index contributed by atoms with van der Waals surface area (Å²) in [4.78, 5) is 19.3. The highest BCUT2D eigenvalue weighted by Crippen LogP contribution is 2.33. The van der Waals surface area contributed by atoms with Gasteiger partial charge in [0, 0.05) is 49.4 Å². The van der Waals surface area contributed by atoms with Gasteiger partial charge in [-0.15, -0.1) is 11.8 Å². The number of carbonyl (C=O) groups excluding carboxylic acids is 1. The molecule has 0 radical (unpaired) electrons. The Balaban J connectivity index is 1.52. The second-order valence-corrected chi connectivity index (χ2v) is 9.46. The molecule has 0 bridgehead atoms. The van der Waals surface area contributed by atoms with E-state index in [1.165, 1.54) is 4.31 Å². The van der Waals surface area contributed by atoms with Gasteiger partial charge in [0.1, 0.15) is 5.82 Å². The zero-order valence-corrected chi connectivity index (χ0v) is 16.3. The molecule has 2 aromatic rings. The molecule has 0 atom stereocenters. The molecule has 1 N–H and O–H groups in total. The van der Waals surface area contributed by atoms with Crippen LogP contribution in [0, 0.1) is 0 Å². The first kappa shape index (κ1) is 18.3. The zero-order chi connectivity index (χ0) is 18.9. The monoisotopic (exact) mass is 404 g/mol. The third-order valence-corrected chi connectivity index (χ3v) is 7.63. The molecule has 1 saturated heterocycles. The fraction of sp³-hybridized carbons (Fsp3) is 0.333. The number of fused-ring (bicyclic) bond motifs is 1. The van der Waals surface area contributed by atoms with Gasteiger partial charge in [0.2, 0.25) is 15.9 Å². The van der Waals surface area contributed by atoms with Crippen LogP contribution in [0.4, 0.5) is 11.5 Å². The number of nitrogens with one attached hydrogen (secondary N) is 1. The van der Waals surface area contributed by atoms with Crippen molar-refractivity contribution in [3.63, 3.8) is 0 Å². The Morgan fingerprint density at radius 3 is 2.63 bits per heavy atom. The van der Waals surface area contributed by atoms with Crippen LogP contribution in [-0.2, 0) is 14.8 Å².